The van der Waals surface area contributed by atoms with Crippen molar-refractivity contribution in [1.82, 2.24) is 4.98 Å². The molecule has 0 spiro atoms. The number of rotatable bonds is 4. The Morgan fingerprint density at radius 3 is 2.62 bits per heavy atom. The molecule has 0 amide bonds. The van der Waals surface area contributed by atoms with Gasteiger partial charge in [0.05, 0.1) is 2.74 Å². The maximum Gasteiger partial charge on any atom is 3.00 e. The zero-order valence-electron chi connectivity index (χ0n) is 26.6. The first-order chi connectivity index (χ1) is 20.6. The molecule has 2 aromatic heterocycles. The zero-order chi connectivity index (χ0) is 30.8. The van der Waals surface area contributed by atoms with Gasteiger partial charge in [0.25, 0.3) is 0 Å². The van der Waals surface area contributed by atoms with Gasteiger partial charge in [-0.3, -0.25) is 4.98 Å². The van der Waals surface area contributed by atoms with Crippen molar-refractivity contribution in [3.8, 4) is 0 Å². The van der Waals surface area contributed by atoms with Crippen LogP contribution in [-0.2, 0) is 20.1 Å². The third-order valence-electron chi connectivity index (χ3n) is 6.34. The van der Waals surface area contributed by atoms with E-state index in [1.54, 1.807) is 12.1 Å². The number of fused-ring (bicyclic) bond motifs is 3. The summed E-state index contributed by atoms with van der Waals surface area (Å²) in [6.45, 7) is 1.78. The fourth-order valence-corrected chi connectivity index (χ4v) is 4.35. The Labute approximate surface area is 252 Å². The number of furan rings is 1. The fourth-order valence-electron chi connectivity index (χ4n) is 4.35. The summed E-state index contributed by atoms with van der Waals surface area (Å²) in [6, 6.07) is 26.9. The van der Waals surface area contributed by atoms with E-state index in [2.05, 4.69) is 29.8 Å². The maximum atomic E-state index is 9.93. The molecule has 1 saturated carbocycles. The van der Waals surface area contributed by atoms with Gasteiger partial charge in [0.15, 0.2) is 0 Å². The van der Waals surface area contributed by atoms with E-state index in [-0.39, 0.29) is 43.5 Å². The van der Waals surface area contributed by atoms with Crippen molar-refractivity contribution in [2.24, 2.45) is 5.92 Å². The van der Waals surface area contributed by atoms with Gasteiger partial charge < -0.3 is 9.83 Å². The van der Waals surface area contributed by atoms with Gasteiger partial charge in [0.2, 0.25) is 0 Å². The Hall–Kier alpha value is -3.59. The summed E-state index contributed by atoms with van der Waals surface area (Å²) in [5.41, 5.74) is 3.80. The van der Waals surface area contributed by atoms with Crippen molar-refractivity contribution in [3.05, 3.63) is 144 Å². The van der Waals surface area contributed by atoms with Crippen LogP contribution in [0.15, 0.2) is 120 Å². The molecule has 0 atom stereocenters. The van der Waals surface area contributed by atoms with E-state index in [1.807, 2.05) is 60.7 Å². The summed E-state index contributed by atoms with van der Waals surface area (Å²) in [5.74, 6) is 0.600. The van der Waals surface area contributed by atoms with Crippen molar-refractivity contribution < 1.29 is 31.4 Å². The number of hydrogen-bond donors (Lipinski definition) is 0. The SMILES string of the molecule is C=C(/C=C\C(=[N-])c1[c-]cccc1)C1CCCCC1.[2H]c1cncc(C([2H])([2H])[2H])c1[2H].[Ir+3].[c-]1ccc2c(c1)oc1ccccc12. The molecule has 0 bridgehead atoms. The van der Waals surface area contributed by atoms with E-state index in [0.29, 0.717) is 5.92 Å². The molecule has 0 aliphatic heterocycles. The van der Waals surface area contributed by atoms with Gasteiger partial charge in [-0.2, -0.15) is 23.8 Å². The summed E-state index contributed by atoms with van der Waals surface area (Å²) in [6.07, 6.45) is 12.4. The number of allylic oxidation sites excluding steroid dienone is 3. The predicted molar refractivity (Wildman–Crippen MR) is 159 cm³/mol. The van der Waals surface area contributed by atoms with Crippen LogP contribution < -0.4 is 0 Å². The summed E-state index contributed by atoms with van der Waals surface area (Å²) in [4.78, 5) is 3.54. The monoisotopic (exact) mass is 695 g/mol. The van der Waals surface area contributed by atoms with Crippen molar-refractivity contribution in [2.75, 3.05) is 0 Å². The molecule has 3 nitrogen and oxygen atoms in total. The van der Waals surface area contributed by atoms with Crippen LogP contribution >= 0.6 is 0 Å². The number of nitrogens with zero attached hydrogens (tertiary/aromatic N) is 2. The molecular formula is C35H33IrN2O. The first-order valence-electron chi connectivity index (χ1n) is 15.2. The second-order valence-electron chi connectivity index (χ2n) is 9.02. The molecule has 6 rings (SSSR count). The molecule has 1 aliphatic carbocycles. The minimum Gasteiger partial charge on any atom is -0.855 e. The Balaban J connectivity index is 0.000000183. The third kappa shape index (κ3) is 8.99. The zero-order valence-corrected chi connectivity index (χ0v) is 24.0. The van der Waals surface area contributed by atoms with Crippen LogP contribution in [0, 0.1) is 24.9 Å². The summed E-state index contributed by atoms with van der Waals surface area (Å²) in [7, 11) is 0. The standard InChI is InChI=1S/C17H19N.C12H7O.C6H7N.Ir/c1-14(15-8-4-2-5-9-15)12-13-17(18)16-10-6-3-7-11-16;1-3-7-11-9(5-1)10-6-2-4-8-12(10)13-11;1-6-3-2-4-7-5-6;/h3,6-7,10,12-13,15H,1-2,4-5,8-9H2;1-3,5-8H;2-5H,1H3;/q-2;-1;;+3/b13-12-;;;/i;;1D3,2D,3D;. The number of aromatic nitrogens is 1. The Kier molecular flexibility index (Phi) is 9.40. The van der Waals surface area contributed by atoms with Crippen molar-refractivity contribution in [3.63, 3.8) is 0 Å². The van der Waals surface area contributed by atoms with E-state index in [9.17, 15) is 5.41 Å². The largest absolute Gasteiger partial charge is 3.00 e. The second kappa shape index (κ2) is 15.7. The van der Waals surface area contributed by atoms with Crippen LogP contribution in [0.2, 0.25) is 0 Å². The minimum absolute atomic E-state index is 0. The van der Waals surface area contributed by atoms with Gasteiger partial charge in [-0.05, 0) is 43.3 Å². The summed E-state index contributed by atoms with van der Waals surface area (Å²) >= 11 is 0. The number of aryl methyl sites for hydroxylation is 1. The van der Waals surface area contributed by atoms with Crippen molar-refractivity contribution in [2.45, 2.75) is 39.0 Å². The molecular weight excluding hydrogens is 657 g/mol. The first kappa shape index (κ1) is 23.3. The number of pyridine rings is 1. The topological polar surface area (TPSA) is 48.3 Å². The normalized spacial score (nSPS) is 15.2. The molecule has 1 fully saturated rings. The van der Waals surface area contributed by atoms with Gasteiger partial charge in [-0.25, -0.2) is 5.71 Å². The molecule has 3 aromatic carbocycles. The maximum absolute atomic E-state index is 9.93. The first-order valence-corrected chi connectivity index (χ1v) is 12.7. The van der Waals surface area contributed by atoms with Crippen molar-refractivity contribution in [1.29, 1.82) is 0 Å². The number of para-hydroxylation sites is 1. The van der Waals surface area contributed by atoms with E-state index < -0.39 is 6.85 Å². The van der Waals surface area contributed by atoms with E-state index in [1.165, 1.54) is 37.5 Å². The molecule has 0 saturated heterocycles. The molecule has 2 heterocycles. The number of benzene rings is 3. The van der Waals surface area contributed by atoms with Crippen LogP contribution in [0.1, 0.15) is 50.1 Å². The molecule has 0 N–H and O–H groups in total. The van der Waals surface area contributed by atoms with Crippen LogP contribution in [0.4, 0.5) is 0 Å². The quantitative estimate of drug-likeness (QED) is 0.107. The van der Waals surface area contributed by atoms with Gasteiger partial charge in [-0.1, -0.05) is 67.1 Å². The van der Waals surface area contributed by atoms with Gasteiger partial charge in [0.1, 0.15) is 5.58 Å². The second-order valence-corrected chi connectivity index (χ2v) is 9.02. The van der Waals surface area contributed by atoms with Gasteiger partial charge in [-0.15, -0.1) is 42.5 Å². The van der Waals surface area contributed by atoms with E-state index >= 15 is 0 Å². The van der Waals surface area contributed by atoms with Crippen molar-refractivity contribution >= 4 is 27.7 Å². The smallest absolute Gasteiger partial charge is 0.855 e. The molecule has 4 heteroatoms. The average molecular weight is 695 g/mol. The summed E-state index contributed by atoms with van der Waals surface area (Å²) in [5, 5.41) is 12.3. The van der Waals surface area contributed by atoms with Gasteiger partial charge in [0, 0.05) is 27.5 Å². The molecule has 0 unspecified atom stereocenters. The fraction of sp³-hybridized carbons (Fsp3) is 0.200. The third-order valence-corrected chi connectivity index (χ3v) is 6.34. The molecule has 5 aromatic rings. The van der Waals surface area contributed by atoms with Gasteiger partial charge >= 0.3 is 20.1 Å². The Bertz CT molecular complexity index is 1660. The molecule has 0 radical (unpaired) electrons. The average Bonchev–Trinajstić information content (AvgIpc) is 3.41. The molecule has 1 aliphatic rings. The van der Waals surface area contributed by atoms with E-state index in [0.717, 1.165) is 40.1 Å². The van der Waals surface area contributed by atoms with Crippen LogP contribution in [0.25, 0.3) is 27.3 Å². The van der Waals surface area contributed by atoms with E-state index in [4.69, 9.17) is 11.3 Å². The van der Waals surface area contributed by atoms with Crippen LogP contribution in [0.5, 0.6) is 0 Å². The van der Waals surface area contributed by atoms with Crippen LogP contribution in [-0.4, -0.2) is 10.7 Å². The predicted octanol–water partition coefficient (Wildman–Crippen LogP) is 9.31. The Morgan fingerprint density at radius 1 is 1.05 bits per heavy atom. The Morgan fingerprint density at radius 2 is 1.85 bits per heavy atom. The van der Waals surface area contributed by atoms with Crippen LogP contribution in [0.3, 0.4) is 0 Å². The number of hydrogen-bond acceptors (Lipinski definition) is 2. The molecule has 39 heavy (non-hydrogen) atoms. The minimum atomic E-state index is -2.35. The molecule has 198 valence electrons. The summed E-state index contributed by atoms with van der Waals surface area (Å²) < 4.78 is 41.0.